The fourth-order valence-corrected chi connectivity index (χ4v) is 4.14. The second-order valence-corrected chi connectivity index (χ2v) is 8.26. The Morgan fingerprint density at radius 3 is 2.76 bits per heavy atom. The number of hydrogen-bond acceptors (Lipinski definition) is 4. The minimum absolute atomic E-state index is 0.142. The minimum atomic E-state index is -0.174. The molecule has 0 spiro atoms. The highest BCUT2D eigenvalue weighted by atomic mass is 79.9. The average Bonchev–Trinajstić information content (AvgIpc) is 3.14. The maximum Gasteiger partial charge on any atom is 0.278 e. The Morgan fingerprint density at radius 1 is 1.21 bits per heavy atom. The van der Waals surface area contributed by atoms with E-state index in [1.165, 1.54) is 16.3 Å². The number of nitrogens with zero attached hydrogens (tertiary/aromatic N) is 2. The van der Waals surface area contributed by atoms with Gasteiger partial charge in [-0.3, -0.25) is 14.2 Å². The van der Waals surface area contributed by atoms with Crippen LogP contribution < -0.4 is 10.9 Å². The van der Waals surface area contributed by atoms with Crippen LogP contribution in [0.1, 0.15) is 0 Å². The lowest BCUT2D eigenvalue weighted by Gasteiger charge is -2.09. The lowest BCUT2D eigenvalue weighted by Crippen LogP contribution is -2.21. The molecule has 146 valence electrons. The van der Waals surface area contributed by atoms with Gasteiger partial charge in [0.05, 0.1) is 5.75 Å². The number of halogens is 1. The Morgan fingerprint density at radius 2 is 2.00 bits per heavy atom. The highest BCUT2D eigenvalue weighted by molar-refractivity contribution is 9.10. The molecule has 8 heteroatoms. The molecule has 0 aliphatic heterocycles. The highest BCUT2D eigenvalue weighted by Gasteiger charge is 2.16. The number of thioether (sulfide) groups is 1. The number of rotatable bonds is 5. The van der Waals surface area contributed by atoms with Crippen LogP contribution >= 0.6 is 27.7 Å². The van der Waals surface area contributed by atoms with E-state index in [4.69, 9.17) is 0 Å². The van der Waals surface area contributed by atoms with Crippen molar-refractivity contribution in [1.29, 1.82) is 0 Å². The summed E-state index contributed by atoms with van der Waals surface area (Å²) in [6, 6.07) is 17.2. The molecule has 1 amide bonds. The zero-order valence-corrected chi connectivity index (χ0v) is 17.9. The van der Waals surface area contributed by atoms with Gasteiger partial charge >= 0.3 is 0 Å². The third kappa shape index (κ3) is 4.13. The molecule has 0 bridgehead atoms. The molecule has 2 heterocycles. The molecule has 0 atom stereocenters. The van der Waals surface area contributed by atoms with Crippen molar-refractivity contribution in [3.05, 3.63) is 75.6 Å². The summed E-state index contributed by atoms with van der Waals surface area (Å²) in [7, 11) is 1.66. The van der Waals surface area contributed by atoms with Gasteiger partial charge in [-0.2, -0.15) is 0 Å². The summed E-state index contributed by atoms with van der Waals surface area (Å²) in [5.41, 5.74) is 3.43. The Balaban J connectivity index is 1.59. The maximum absolute atomic E-state index is 12.7. The van der Waals surface area contributed by atoms with Crippen LogP contribution in [0.4, 0.5) is 5.69 Å². The molecule has 4 rings (SSSR count). The fourth-order valence-electron chi connectivity index (χ4n) is 2.98. The Bertz CT molecular complexity index is 1250. The van der Waals surface area contributed by atoms with E-state index in [2.05, 4.69) is 31.2 Å². The van der Waals surface area contributed by atoms with Crippen molar-refractivity contribution in [2.45, 2.75) is 5.16 Å². The first-order valence-electron chi connectivity index (χ1n) is 8.84. The highest BCUT2D eigenvalue weighted by Crippen LogP contribution is 2.27. The number of hydrogen-bond donors (Lipinski definition) is 2. The number of nitrogens with one attached hydrogen (secondary N) is 2. The van der Waals surface area contributed by atoms with Gasteiger partial charge in [0.25, 0.3) is 5.56 Å². The molecule has 0 fully saturated rings. The molecule has 2 aromatic carbocycles. The molecular weight excluding hydrogens is 452 g/mol. The molecule has 0 saturated heterocycles. The Hall–Kier alpha value is -2.84. The molecule has 6 nitrogen and oxygen atoms in total. The quantitative estimate of drug-likeness (QED) is 0.335. The van der Waals surface area contributed by atoms with Crippen molar-refractivity contribution in [3.8, 4) is 11.1 Å². The fraction of sp³-hybridized carbons (Fsp3) is 0.0952. The number of aromatic amines is 1. The molecule has 4 aromatic rings. The van der Waals surface area contributed by atoms with Crippen LogP contribution in [0.5, 0.6) is 0 Å². The first kappa shape index (κ1) is 19.5. The van der Waals surface area contributed by atoms with Crippen molar-refractivity contribution in [2.24, 2.45) is 7.05 Å². The van der Waals surface area contributed by atoms with Crippen molar-refractivity contribution in [3.63, 3.8) is 0 Å². The van der Waals surface area contributed by atoms with E-state index in [0.29, 0.717) is 21.9 Å². The lowest BCUT2D eigenvalue weighted by molar-refractivity contribution is -0.113. The summed E-state index contributed by atoms with van der Waals surface area (Å²) in [6.45, 7) is 0. The predicted molar refractivity (Wildman–Crippen MR) is 120 cm³/mol. The van der Waals surface area contributed by atoms with Crippen LogP contribution in [0.2, 0.25) is 0 Å². The number of aromatic nitrogens is 3. The van der Waals surface area contributed by atoms with E-state index >= 15 is 0 Å². The van der Waals surface area contributed by atoms with Gasteiger partial charge in [-0.1, -0.05) is 64.1 Å². The van der Waals surface area contributed by atoms with Crippen molar-refractivity contribution in [2.75, 3.05) is 11.1 Å². The van der Waals surface area contributed by atoms with Crippen LogP contribution in [0.3, 0.4) is 0 Å². The number of carbonyl (C=O) groups excluding carboxylic acids is 1. The lowest BCUT2D eigenvalue weighted by atomic mass is 10.1. The number of benzene rings is 2. The molecule has 2 N–H and O–H groups in total. The van der Waals surface area contributed by atoms with E-state index < -0.39 is 0 Å². The average molecular weight is 469 g/mol. The zero-order chi connectivity index (χ0) is 20.4. The third-order valence-electron chi connectivity index (χ3n) is 4.39. The van der Waals surface area contributed by atoms with E-state index in [9.17, 15) is 9.59 Å². The van der Waals surface area contributed by atoms with Gasteiger partial charge in [0.15, 0.2) is 5.16 Å². The summed E-state index contributed by atoms with van der Waals surface area (Å²) >= 11 is 4.61. The topological polar surface area (TPSA) is 79.8 Å². The van der Waals surface area contributed by atoms with Gasteiger partial charge in [0.2, 0.25) is 5.91 Å². The molecule has 2 aromatic heterocycles. The van der Waals surface area contributed by atoms with E-state index in [-0.39, 0.29) is 17.2 Å². The van der Waals surface area contributed by atoms with Gasteiger partial charge in [0.1, 0.15) is 11.0 Å². The first-order chi connectivity index (χ1) is 14.0. The van der Waals surface area contributed by atoms with Crippen LogP contribution in [0.25, 0.3) is 22.2 Å². The second-order valence-electron chi connectivity index (χ2n) is 6.40. The third-order valence-corrected chi connectivity index (χ3v) is 5.91. The van der Waals surface area contributed by atoms with Gasteiger partial charge < -0.3 is 10.3 Å². The largest absolute Gasteiger partial charge is 0.355 e. The molecule has 0 radical (unpaired) electrons. The number of amides is 1. The van der Waals surface area contributed by atoms with E-state index in [1.807, 2.05) is 54.6 Å². The monoisotopic (exact) mass is 468 g/mol. The minimum Gasteiger partial charge on any atom is -0.355 e. The van der Waals surface area contributed by atoms with Crippen LogP contribution in [-0.4, -0.2) is 26.2 Å². The summed E-state index contributed by atoms with van der Waals surface area (Å²) < 4.78 is 2.35. The standard InChI is InChI=1S/C21H17BrN4O2S/c1-26-20(28)19-18(16(11-23-19)13-6-3-2-4-7-13)25-21(26)29-12-17(27)24-15-9-5-8-14(22)10-15/h2-11,23H,12H2,1H3,(H,24,27). The maximum atomic E-state index is 12.7. The van der Waals surface area contributed by atoms with Crippen molar-refractivity contribution >= 4 is 50.3 Å². The number of carbonyl (C=O) groups is 1. The van der Waals surface area contributed by atoms with Crippen LogP contribution in [0, 0.1) is 0 Å². The molecule has 0 aliphatic rings. The first-order valence-corrected chi connectivity index (χ1v) is 10.6. The summed E-state index contributed by atoms with van der Waals surface area (Å²) in [4.78, 5) is 32.8. The normalized spacial score (nSPS) is 11.0. The van der Waals surface area contributed by atoms with Crippen molar-refractivity contribution < 1.29 is 4.79 Å². The number of fused-ring (bicyclic) bond motifs is 1. The SMILES string of the molecule is Cn1c(SCC(=O)Nc2cccc(Br)c2)nc2c(-c3ccccc3)c[nH]c2c1=O. The number of anilines is 1. The van der Waals surface area contributed by atoms with Gasteiger partial charge in [-0.25, -0.2) is 4.98 Å². The Kier molecular flexibility index (Phi) is 5.55. The van der Waals surface area contributed by atoms with Gasteiger partial charge in [-0.05, 0) is 23.8 Å². The summed E-state index contributed by atoms with van der Waals surface area (Å²) in [5, 5.41) is 3.33. The summed E-state index contributed by atoms with van der Waals surface area (Å²) in [5.74, 6) is -0.0246. The summed E-state index contributed by atoms with van der Waals surface area (Å²) in [6.07, 6.45) is 1.79. The van der Waals surface area contributed by atoms with E-state index in [0.717, 1.165) is 15.6 Å². The Labute approximate surface area is 179 Å². The predicted octanol–water partition coefficient (Wildman–Crippen LogP) is 4.42. The molecular formula is C21H17BrN4O2S. The van der Waals surface area contributed by atoms with Gasteiger partial charge in [-0.15, -0.1) is 0 Å². The van der Waals surface area contributed by atoms with Crippen LogP contribution in [-0.2, 0) is 11.8 Å². The molecule has 29 heavy (non-hydrogen) atoms. The van der Waals surface area contributed by atoms with Crippen LogP contribution in [0.15, 0.2) is 75.2 Å². The smallest absolute Gasteiger partial charge is 0.278 e. The van der Waals surface area contributed by atoms with Crippen molar-refractivity contribution in [1.82, 2.24) is 14.5 Å². The second kappa shape index (κ2) is 8.26. The molecule has 0 unspecified atom stereocenters. The zero-order valence-electron chi connectivity index (χ0n) is 15.5. The number of H-pyrrole nitrogens is 1. The van der Waals surface area contributed by atoms with Gasteiger partial charge in [0, 0.05) is 29.0 Å². The molecule has 0 saturated carbocycles. The van der Waals surface area contributed by atoms with E-state index in [1.54, 1.807) is 13.2 Å². The molecule has 0 aliphatic carbocycles.